The van der Waals surface area contributed by atoms with E-state index >= 15 is 0 Å². The van der Waals surface area contributed by atoms with E-state index in [4.69, 9.17) is 24.3 Å². The number of carbonyl (C=O) groups is 2. The summed E-state index contributed by atoms with van der Waals surface area (Å²) < 4.78 is 32.8. The van der Waals surface area contributed by atoms with E-state index in [2.05, 4.69) is 26.0 Å². The first-order valence-corrected chi connectivity index (χ1v) is 23.7. The maximum Gasteiger partial charge on any atom is 0.472 e. The fourth-order valence-corrected chi connectivity index (χ4v) is 7.10. The average molecular weight is 774 g/mol. The minimum absolute atomic E-state index is 0.0549. The number of nitrogens with two attached hydrogens (primary N) is 1. The predicted octanol–water partition coefficient (Wildman–Crippen LogP) is 12.6. The Kier molecular flexibility index (Phi) is 39.5. The number of phosphoric ester groups is 1. The molecule has 0 amide bonds. The van der Waals surface area contributed by atoms with Crippen LogP contribution in [-0.2, 0) is 32.7 Å². The molecule has 2 unspecified atom stereocenters. The molecule has 0 heterocycles. The molecule has 0 rings (SSSR count). The van der Waals surface area contributed by atoms with Crippen LogP contribution in [0.4, 0.5) is 0 Å². The summed E-state index contributed by atoms with van der Waals surface area (Å²) in [7, 11) is -4.37. The molecular weight excluding hydrogens is 689 g/mol. The van der Waals surface area contributed by atoms with E-state index in [1.807, 2.05) is 0 Å². The van der Waals surface area contributed by atoms with Gasteiger partial charge in [-0.05, 0) is 38.5 Å². The zero-order chi connectivity index (χ0) is 38.9. The summed E-state index contributed by atoms with van der Waals surface area (Å²) in [6.45, 7) is 3.75. The van der Waals surface area contributed by atoms with Crippen molar-refractivity contribution in [1.29, 1.82) is 0 Å². The second kappa shape index (κ2) is 40.4. The van der Waals surface area contributed by atoms with Gasteiger partial charge in [0.15, 0.2) is 6.10 Å². The van der Waals surface area contributed by atoms with Gasteiger partial charge < -0.3 is 20.1 Å². The Morgan fingerprint density at radius 3 is 1.34 bits per heavy atom. The summed E-state index contributed by atoms with van der Waals surface area (Å²) in [5.74, 6) is -0.827. The van der Waals surface area contributed by atoms with Gasteiger partial charge in [0.05, 0.1) is 13.2 Å². The SMILES string of the molecule is CCCCCCCCC=CCCCCCCCC(=O)OC(COC(=O)CCCCCCCCCCCCCCCCCCC)COP(=O)(O)OCCN. The summed E-state index contributed by atoms with van der Waals surface area (Å²) in [6, 6.07) is 0. The Morgan fingerprint density at radius 1 is 0.547 bits per heavy atom. The predicted molar refractivity (Wildman–Crippen MR) is 220 cm³/mol. The van der Waals surface area contributed by atoms with Crippen LogP contribution in [0.5, 0.6) is 0 Å². The van der Waals surface area contributed by atoms with E-state index in [0.717, 1.165) is 51.4 Å². The van der Waals surface area contributed by atoms with Crippen molar-refractivity contribution in [2.24, 2.45) is 5.73 Å². The molecule has 0 saturated carbocycles. The molecular formula is C43H84NO8P. The van der Waals surface area contributed by atoms with Gasteiger partial charge in [0, 0.05) is 19.4 Å². The van der Waals surface area contributed by atoms with Gasteiger partial charge >= 0.3 is 19.8 Å². The lowest BCUT2D eigenvalue weighted by Gasteiger charge is -2.19. The smallest absolute Gasteiger partial charge is 0.462 e. The van der Waals surface area contributed by atoms with Gasteiger partial charge in [-0.15, -0.1) is 0 Å². The van der Waals surface area contributed by atoms with Crippen LogP contribution in [0.25, 0.3) is 0 Å². The Balaban J connectivity index is 4.11. The number of carbonyl (C=O) groups excluding carboxylic acids is 2. The minimum Gasteiger partial charge on any atom is -0.462 e. The number of phosphoric acid groups is 1. The number of allylic oxidation sites excluding steroid dienone is 2. The highest BCUT2D eigenvalue weighted by atomic mass is 31.2. The van der Waals surface area contributed by atoms with Crippen LogP contribution in [0.2, 0.25) is 0 Å². The molecule has 0 aliphatic heterocycles. The summed E-state index contributed by atoms with van der Waals surface area (Å²) >= 11 is 0. The van der Waals surface area contributed by atoms with Crippen LogP contribution < -0.4 is 5.73 Å². The Morgan fingerprint density at radius 2 is 0.925 bits per heavy atom. The lowest BCUT2D eigenvalue weighted by Crippen LogP contribution is -2.29. The van der Waals surface area contributed by atoms with Gasteiger partial charge in [0.25, 0.3) is 0 Å². The Labute approximate surface area is 326 Å². The number of unbranched alkanes of at least 4 members (excludes halogenated alkanes) is 27. The number of ether oxygens (including phenoxy) is 2. The Hall–Kier alpha value is -1.25. The zero-order valence-electron chi connectivity index (χ0n) is 34.5. The second-order valence-electron chi connectivity index (χ2n) is 14.9. The summed E-state index contributed by atoms with van der Waals surface area (Å²) in [5, 5.41) is 0. The number of rotatable bonds is 42. The highest BCUT2D eigenvalue weighted by Crippen LogP contribution is 2.43. The highest BCUT2D eigenvalue weighted by Gasteiger charge is 2.26. The standard InChI is InChI=1S/C43H84NO8P/c1-3-5-7-9-11-13-15-17-19-20-22-23-25-27-29-31-33-35-42(45)49-39-41(40-51-53(47,48)50-38-37-44)52-43(46)36-34-32-30-28-26-24-21-18-16-14-12-10-8-6-4-2/h18,21,41H,3-17,19-20,22-40,44H2,1-2H3,(H,47,48). The monoisotopic (exact) mass is 774 g/mol. The first-order valence-electron chi connectivity index (χ1n) is 22.2. The molecule has 10 heteroatoms. The molecule has 0 aliphatic rings. The highest BCUT2D eigenvalue weighted by molar-refractivity contribution is 7.47. The number of hydrogen-bond donors (Lipinski definition) is 2. The molecule has 53 heavy (non-hydrogen) atoms. The topological polar surface area (TPSA) is 134 Å². The fraction of sp³-hybridized carbons (Fsp3) is 0.907. The minimum atomic E-state index is -4.37. The molecule has 3 N–H and O–H groups in total. The molecule has 0 saturated heterocycles. The van der Waals surface area contributed by atoms with Crippen LogP contribution >= 0.6 is 7.82 Å². The molecule has 2 atom stereocenters. The number of hydrogen-bond acceptors (Lipinski definition) is 8. The van der Waals surface area contributed by atoms with E-state index in [-0.39, 0.29) is 38.6 Å². The van der Waals surface area contributed by atoms with Gasteiger partial charge in [0.2, 0.25) is 0 Å². The van der Waals surface area contributed by atoms with Crippen molar-refractivity contribution in [3.63, 3.8) is 0 Å². The van der Waals surface area contributed by atoms with Gasteiger partial charge in [-0.2, -0.15) is 0 Å². The molecule has 0 aromatic carbocycles. The van der Waals surface area contributed by atoms with Crippen LogP contribution in [0.15, 0.2) is 12.2 Å². The quantitative estimate of drug-likeness (QED) is 0.0269. The average Bonchev–Trinajstić information content (AvgIpc) is 3.14. The molecule has 314 valence electrons. The van der Waals surface area contributed by atoms with Crippen LogP contribution in [0.3, 0.4) is 0 Å². The Bertz CT molecular complexity index is 886. The molecule has 0 aromatic heterocycles. The van der Waals surface area contributed by atoms with Crippen LogP contribution in [-0.4, -0.2) is 49.3 Å². The molecule has 0 fully saturated rings. The fourth-order valence-electron chi connectivity index (χ4n) is 6.34. The van der Waals surface area contributed by atoms with E-state index in [1.54, 1.807) is 0 Å². The number of esters is 2. The second-order valence-corrected chi connectivity index (χ2v) is 16.4. The van der Waals surface area contributed by atoms with E-state index in [1.165, 1.54) is 135 Å². The molecule has 0 radical (unpaired) electrons. The third-order valence-corrected chi connectivity index (χ3v) is 10.6. The first-order chi connectivity index (χ1) is 25.8. The molecule has 0 bridgehead atoms. The molecule has 0 spiro atoms. The summed E-state index contributed by atoms with van der Waals surface area (Å²) in [6.07, 6.45) is 40.9. The van der Waals surface area contributed by atoms with Crippen molar-refractivity contribution in [1.82, 2.24) is 0 Å². The lowest BCUT2D eigenvalue weighted by molar-refractivity contribution is -0.161. The maximum atomic E-state index is 12.6. The van der Waals surface area contributed by atoms with Crippen molar-refractivity contribution in [2.75, 3.05) is 26.4 Å². The largest absolute Gasteiger partial charge is 0.472 e. The normalized spacial score (nSPS) is 13.4. The van der Waals surface area contributed by atoms with Crippen LogP contribution in [0, 0.1) is 0 Å². The van der Waals surface area contributed by atoms with Crippen molar-refractivity contribution in [3.8, 4) is 0 Å². The van der Waals surface area contributed by atoms with Gasteiger partial charge in [-0.1, -0.05) is 180 Å². The van der Waals surface area contributed by atoms with Crippen molar-refractivity contribution >= 4 is 19.8 Å². The molecule has 0 aromatic rings. The van der Waals surface area contributed by atoms with Gasteiger partial charge in [-0.3, -0.25) is 18.6 Å². The molecule has 0 aliphatic carbocycles. The van der Waals surface area contributed by atoms with Crippen molar-refractivity contribution in [2.45, 2.75) is 225 Å². The zero-order valence-corrected chi connectivity index (χ0v) is 35.4. The molecule has 9 nitrogen and oxygen atoms in total. The maximum absolute atomic E-state index is 12.6. The third-order valence-electron chi connectivity index (χ3n) is 9.65. The van der Waals surface area contributed by atoms with Gasteiger partial charge in [-0.25, -0.2) is 4.57 Å². The van der Waals surface area contributed by atoms with Crippen molar-refractivity contribution in [3.05, 3.63) is 12.2 Å². The van der Waals surface area contributed by atoms with E-state index in [0.29, 0.717) is 6.42 Å². The summed E-state index contributed by atoms with van der Waals surface area (Å²) in [4.78, 5) is 34.9. The third kappa shape index (κ3) is 40.2. The van der Waals surface area contributed by atoms with Crippen molar-refractivity contribution < 1.29 is 37.6 Å². The first kappa shape index (κ1) is 51.8. The van der Waals surface area contributed by atoms with E-state index in [9.17, 15) is 19.0 Å². The summed E-state index contributed by atoms with van der Waals surface area (Å²) in [5.41, 5.74) is 5.35. The van der Waals surface area contributed by atoms with E-state index < -0.39 is 26.5 Å². The lowest BCUT2D eigenvalue weighted by atomic mass is 10.0. The van der Waals surface area contributed by atoms with Gasteiger partial charge in [0.1, 0.15) is 6.61 Å². The van der Waals surface area contributed by atoms with Crippen LogP contribution in [0.1, 0.15) is 219 Å².